The van der Waals surface area contributed by atoms with Crippen molar-refractivity contribution in [1.29, 1.82) is 0 Å². The lowest BCUT2D eigenvalue weighted by molar-refractivity contribution is 1.23. The van der Waals surface area contributed by atoms with Gasteiger partial charge in [-0.15, -0.1) is 0 Å². The Kier molecular flexibility index (Phi) is 1.86. The highest BCUT2D eigenvalue weighted by Crippen LogP contribution is 2.29. The zero-order chi connectivity index (χ0) is 10.3. The monoisotopic (exact) mass is 214 g/mol. The highest BCUT2D eigenvalue weighted by Gasteiger charge is 2.06. The molecule has 74 valence electrons. The van der Waals surface area contributed by atoms with E-state index < -0.39 is 0 Å². The van der Waals surface area contributed by atoms with E-state index in [9.17, 15) is 0 Å². The van der Waals surface area contributed by atoms with Gasteiger partial charge in [-0.25, -0.2) is 4.98 Å². The molecule has 0 saturated heterocycles. The average molecular weight is 214 g/mol. The number of aryl methyl sites for hydroxylation is 1. The van der Waals surface area contributed by atoms with Crippen molar-refractivity contribution in [2.75, 3.05) is 0 Å². The van der Waals surface area contributed by atoms with Gasteiger partial charge in [-0.05, 0) is 18.1 Å². The summed E-state index contributed by atoms with van der Waals surface area (Å²) >= 11 is 1.72. The lowest BCUT2D eigenvalue weighted by Crippen LogP contribution is -1.78. The Morgan fingerprint density at radius 1 is 1.27 bits per heavy atom. The first-order chi connectivity index (χ1) is 7.34. The normalized spacial score (nSPS) is 11.0. The smallest absolute Gasteiger partial charge is 0.194 e. The maximum absolute atomic E-state index is 4.28. The van der Waals surface area contributed by atoms with Gasteiger partial charge in [0.2, 0.25) is 0 Å². The summed E-state index contributed by atoms with van der Waals surface area (Å²) < 4.78 is 2.06. The SMILES string of the molecule is Cc1ccccc1-c1cn2ccnc2s1. The third kappa shape index (κ3) is 1.36. The molecule has 0 spiro atoms. The number of rotatable bonds is 1. The van der Waals surface area contributed by atoms with Gasteiger partial charge in [0.05, 0.1) is 4.88 Å². The van der Waals surface area contributed by atoms with Crippen molar-refractivity contribution in [3.63, 3.8) is 0 Å². The van der Waals surface area contributed by atoms with Gasteiger partial charge in [0.25, 0.3) is 0 Å². The van der Waals surface area contributed by atoms with Crippen molar-refractivity contribution < 1.29 is 0 Å². The highest BCUT2D eigenvalue weighted by molar-refractivity contribution is 7.20. The lowest BCUT2D eigenvalue weighted by atomic mass is 10.1. The number of hydrogen-bond acceptors (Lipinski definition) is 2. The minimum absolute atomic E-state index is 1.05. The molecule has 0 unspecified atom stereocenters. The van der Waals surface area contributed by atoms with E-state index in [0.717, 1.165) is 4.96 Å². The first-order valence-electron chi connectivity index (χ1n) is 4.83. The van der Waals surface area contributed by atoms with Crippen molar-refractivity contribution >= 4 is 16.3 Å². The standard InChI is InChI=1S/C12H10N2S/c1-9-4-2-3-5-10(9)11-8-14-7-6-13-12(14)15-11/h2-8H,1H3. The molecule has 0 saturated carbocycles. The summed E-state index contributed by atoms with van der Waals surface area (Å²) in [6, 6.07) is 8.43. The van der Waals surface area contributed by atoms with Gasteiger partial charge >= 0.3 is 0 Å². The molecule has 0 N–H and O–H groups in total. The second kappa shape index (κ2) is 3.21. The summed E-state index contributed by atoms with van der Waals surface area (Å²) in [5.74, 6) is 0. The molecule has 3 heteroatoms. The van der Waals surface area contributed by atoms with E-state index in [4.69, 9.17) is 0 Å². The Morgan fingerprint density at radius 2 is 2.13 bits per heavy atom. The van der Waals surface area contributed by atoms with Crippen molar-refractivity contribution in [1.82, 2.24) is 9.38 Å². The zero-order valence-electron chi connectivity index (χ0n) is 8.34. The van der Waals surface area contributed by atoms with Crippen LogP contribution in [0.1, 0.15) is 5.56 Å². The lowest BCUT2D eigenvalue weighted by Gasteiger charge is -2.00. The van der Waals surface area contributed by atoms with E-state index in [1.165, 1.54) is 16.0 Å². The number of fused-ring (bicyclic) bond motifs is 1. The number of benzene rings is 1. The molecule has 0 aliphatic rings. The number of thiazole rings is 1. The molecule has 1 aromatic carbocycles. The second-order valence-electron chi connectivity index (χ2n) is 3.53. The molecule has 2 heterocycles. The van der Waals surface area contributed by atoms with Crippen LogP contribution in [0.4, 0.5) is 0 Å². The van der Waals surface area contributed by atoms with Crippen LogP contribution < -0.4 is 0 Å². The topological polar surface area (TPSA) is 17.3 Å². The van der Waals surface area contributed by atoms with E-state index in [1.807, 2.05) is 12.4 Å². The number of imidazole rings is 1. The Bertz CT molecular complexity index is 578. The summed E-state index contributed by atoms with van der Waals surface area (Å²) in [6.07, 6.45) is 5.94. The molecular formula is C12H10N2S. The molecule has 0 amide bonds. The fourth-order valence-electron chi connectivity index (χ4n) is 1.70. The minimum atomic E-state index is 1.05. The number of hydrogen-bond donors (Lipinski definition) is 0. The second-order valence-corrected chi connectivity index (χ2v) is 4.54. The van der Waals surface area contributed by atoms with E-state index in [0.29, 0.717) is 0 Å². The Morgan fingerprint density at radius 3 is 2.93 bits per heavy atom. The Balaban J connectivity index is 2.22. The van der Waals surface area contributed by atoms with Crippen LogP contribution in [-0.2, 0) is 0 Å². The quantitative estimate of drug-likeness (QED) is 0.607. The van der Waals surface area contributed by atoms with Crippen LogP contribution >= 0.6 is 11.3 Å². The molecule has 15 heavy (non-hydrogen) atoms. The van der Waals surface area contributed by atoms with E-state index in [2.05, 4.69) is 46.8 Å². The van der Waals surface area contributed by atoms with Crippen molar-refractivity contribution in [3.8, 4) is 10.4 Å². The van der Waals surface area contributed by atoms with Gasteiger partial charge in [0.1, 0.15) is 0 Å². The van der Waals surface area contributed by atoms with Gasteiger partial charge in [0.15, 0.2) is 4.96 Å². The highest BCUT2D eigenvalue weighted by atomic mass is 32.1. The summed E-state index contributed by atoms with van der Waals surface area (Å²) in [6.45, 7) is 2.14. The van der Waals surface area contributed by atoms with Crippen LogP contribution in [0.2, 0.25) is 0 Å². The first-order valence-corrected chi connectivity index (χ1v) is 5.65. The molecule has 0 bridgehead atoms. The van der Waals surface area contributed by atoms with E-state index in [1.54, 1.807) is 11.3 Å². The molecule has 0 fully saturated rings. The maximum Gasteiger partial charge on any atom is 0.194 e. The molecule has 0 aliphatic carbocycles. The maximum atomic E-state index is 4.28. The molecule has 0 radical (unpaired) electrons. The fourth-order valence-corrected chi connectivity index (χ4v) is 2.74. The summed E-state index contributed by atoms with van der Waals surface area (Å²) in [4.78, 5) is 6.60. The molecule has 2 aromatic heterocycles. The van der Waals surface area contributed by atoms with Gasteiger partial charge in [0, 0.05) is 18.6 Å². The van der Waals surface area contributed by atoms with Gasteiger partial charge in [-0.2, -0.15) is 0 Å². The van der Waals surface area contributed by atoms with Crippen molar-refractivity contribution in [3.05, 3.63) is 48.4 Å². The molecule has 0 atom stereocenters. The third-order valence-corrected chi connectivity index (χ3v) is 3.55. The van der Waals surface area contributed by atoms with Crippen LogP contribution in [0.5, 0.6) is 0 Å². The Labute approximate surface area is 91.8 Å². The molecule has 0 aliphatic heterocycles. The van der Waals surface area contributed by atoms with E-state index in [-0.39, 0.29) is 0 Å². The number of aromatic nitrogens is 2. The largest absolute Gasteiger partial charge is 0.297 e. The van der Waals surface area contributed by atoms with Crippen molar-refractivity contribution in [2.45, 2.75) is 6.92 Å². The van der Waals surface area contributed by atoms with Crippen LogP contribution in [0.15, 0.2) is 42.9 Å². The molecular weight excluding hydrogens is 204 g/mol. The molecule has 2 nitrogen and oxygen atoms in total. The van der Waals surface area contributed by atoms with E-state index >= 15 is 0 Å². The summed E-state index contributed by atoms with van der Waals surface area (Å²) in [5, 5.41) is 0. The molecule has 3 rings (SSSR count). The minimum Gasteiger partial charge on any atom is -0.297 e. The zero-order valence-corrected chi connectivity index (χ0v) is 9.16. The van der Waals surface area contributed by atoms with Gasteiger partial charge in [-0.1, -0.05) is 35.6 Å². The third-order valence-electron chi connectivity index (χ3n) is 2.50. The summed E-state index contributed by atoms with van der Waals surface area (Å²) in [7, 11) is 0. The first kappa shape index (κ1) is 8.68. The summed E-state index contributed by atoms with van der Waals surface area (Å²) in [5.41, 5.74) is 2.61. The predicted octanol–water partition coefficient (Wildman–Crippen LogP) is 3.37. The molecule has 3 aromatic rings. The fraction of sp³-hybridized carbons (Fsp3) is 0.0833. The van der Waals surface area contributed by atoms with Gasteiger partial charge in [-0.3, -0.25) is 4.40 Å². The predicted molar refractivity (Wildman–Crippen MR) is 63.2 cm³/mol. The van der Waals surface area contributed by atoms with Gasteiger partial charge < -0.3 is 0 Å². The average Bonchev–Trinajstić information content (AvgIpc) is 2.77. The van der Waals surface area contributed by atoms with Crippen LogP contribution in [0.25, 0.3) is 15.4 Å². The Hall–Kier alpha value is -1.61. The number of nitrogens with zero attached hydrogens (tertiary/aromatic N) is 2. The van der Waals surface area contributed by atoms with Crippen LogP contribution in [0, 0.1) is 6.92 Å². The van der Waals surface area contributed by atoms with Crippen LogP contribution in [0.3, 0.4) is 0 Å². The van der Waals surface area contributed by atoms with Crippen LogP contribution in [-0.4, -0.2) is 9.38 Å². The van der Waals surface area contributed by atoms with Crippen molar-refractivity contribution in [2.24, 2.45) is 0 Å².